The van der Waals surface area contributed by atoms with E-state index in [0.29, 0.717) is 17.1 Å². The second kappa shape index (κ2) is 6.10. The lowest BCUT2D eigenvalue weighted by atomic mass is 10.2. The summed E-state index contributed by atoms with van der Waals surface area (Å²) in [6.07, 6.45) is 0.369. The lowest BCUT2D eigenvalue weighted by Gasteiger charge is -2.28. The number of anilines is 1. The number of alkyl halides is 1. The third-order valence-electron chi connectivity index (χ3n) is 3.15. The molecule has 0 aromatic heterocycles. The van der Waals surface area contributed by atoms with Crippen LogP contribution in [0.15, 0.2) is 18.2 Å². The summed E-state index contributed by atoms with van der Waals surface area (Å²) >= 11 is 17.7. The molecule has 0 radical (unpaired) electrons. The highest BCUT2D eigenvalue weighted by atomic mass is 35.5. The largest absolute Gasteiger partial charge is 0.306 e. The van der Waals surface area contributed by atoms with E-state index in [9.17, 15) is 13.2 Å². The van der Waals surface area contributed by atoms with E-state index < -0.39 is 21.8 Å². The Morgan fingerprint density at radius 1 is 1.35 bits per heavy atom. The molecule has 110 valence electrons. The van der Waals surface area contributed by atoms with Crippen LogP contribution in [0.2, 0.25) is 10.0 Å². The van der Waals surface area contributed by atoms with E-state index in [-0.39, 0.29) is 22.4 Å². The van der Waals surface area contributed by atoms with Crippen LogP contribution in [0.1, 0.15) is 6.42 Å². The van der Waals surface area contributed by atoms with Crippen LogP contribution in [0.4, 0.5) is 5.69 Å². The van der Waals surface area contributed by atoms with Crippen molar-refractivity contribution >= 4 is 56.2 Å². The van der Waals surface area contributed by atoms with Gasteiger partial charge in [0, 0.05) is 0 Å². The SMILES string of the molecule is O=C(CCl)N(c1cccc(Cl)c1Cl)[C@@H]1CCS(=O)(=O)C1. The molecule has 8 heteroatoms. The predicted molar refractivity (Wildman–Crippen MR) is 81.7 cm³/mol. The van der Waals surface area contributed by atoms with Crippen molar-refractivity contribution in [3.05, 3.63) is 28.2 Å². The Bertz CT molecular complexity index is 633. The Labute approximate surface area is 132 Å². The fourth-order valence-electron chi connectivity index (χ4n) is 2.26. The van der Waals surface area contributed by atoms with Crippen molar-refractivity contribution in [2.24, 2.45) is 0 Å². The molecule has 1 fully saturated rings. The molecule has 1 atom stereocenters. The Hall–Kier alpha value is -0.490. The number of carbonyl (C=O) groups excluding carboxylic acids is 1. The summed E-state index contributed by atoms with van der Waals surface area (Å²) in [6.45, 7) is 0. The van der Waals surface area contributed by atoms with Crippen LogP contribution in [-0.2, 0) is 14.6 Å². The smallest absolute Gasteiger partial charge is 0.242 e. The average molecular weight is 357 g/mol. The van der Waals surface area contributed by atoms with Crippen LogP contribution in [0.3, 0.4) is 0 Å². The number of rotatable bonds is 3. The number of amides is 1. The summed E-state index contributed by atoms with van der Waals surface area (Å²) in [7, 11) is -3.13. The predicted octanol–water partition coefficient (Wildman–Crippen LogP) is 2.75. The lowest BCUT2D eigenvalue weighted by Crippen LogP contribution is -2.42. The van der Waals surface area contributed by atoms with Crippen LogP contribution in [0.25, 0.3) is 0 Å². The molecule has 2 rings (SSSR count). The number of nitrogens with zero attached hydrogens (tertiary/aromatic N) is 1. The second-order valence-corrected chi connectivity index (χ2v) is 7.81. The lowest BCUT2D eigenvalue weighted by molar-refractivity contribution is -0.116. The van der Waals surface area contributed by atoms with E-state index in [2.05, 4.69) is 0 Å². The Morgan fingerprint density at radius 3 is 2.60 bits per heavy atom. The first kappa shape index (κ1) is 15.9. The van der Waals surface area contributed by atoms with E-state index in [4.69, 9.17) is 34.8 Å². The first-order chi connectivity index (χ1) is 9.35. The molecule has 20 heavy (non-hydrogen) atoms. The summed E-state index contributed by atoms with van der Waals surface area (Å²) < 4.78 is 23.2. The van der Waals surface area contributed by atoms with Gasteiger partial charge in [0.15, 0.2) is 9.84 Å². The molecule has 0 N–H and O–H groups in total. The van der Waals surface area contributed by atoms with Crippen molar-refractivity contribution in [3.63, 3.8) is 0 Å². The Morgan fingerprint density at radius 2 is 2.05 bits per heavy atom. The van der Waals surface area contributed by atoms with E-state index in [1.165, 1.54) is 4.90 Å². The third-order valence-corrected chi connectivity index (χ3v) is 5.94. The van der Waals surface area contributed by atoms with Gasteiger partial charge in [-0.15, -0.1) is 11.6 Å². The monoisotopic (exact) mass is 355 g/mol. The van der Waals surface area contributed by atoms with Gasteiger partial charge < -0.3 is 4.90 Å². The number of sulfone groups is 1. The molecule has 1 aliphatic heterocycles. The molecule has 0 unspecified atom stereocenters. The molecule has 1 amide bonds. The molecule has 1 aliphatic rings. The molecule has 4 nitrogen and oxygen atoms in total. The molecule has 1 aromatic rings. The first-order valence-corrected chi connectivity index (χ1v) is 8.99. The van der Waals surface area contributed by atoms with Gasteiger partial charge in [-0.1, -0.05) is 29.3 Å². The zero-order chi connectivity index (χ0) is 14.9. The Balaban J connectivity index is 2.44. The molecule has 0 saturated carbocycles. The van der Waals surface area contributed by atoms with Gasteiger partial charge >= 0.3 is 0 Å². The Kier molecular flexibility index (Phi) is 4.84. The number of hydrogen-bond donors (Lipinski definition) is 0. The topological polar surface area (TPSA) is 54.5 Å². The van der Waals surface area contributed by atoms with Crippen LogP contribution in [0, 0.1) is 0 Å². The summed E-state index contributed by atoms with van der Waals surface area (Å²) in [5, 5.41) is 0.523. The van der Waals surface area contributed by atoms with Crippen molar-refractivity contribution < 1.29 is 13.2 Å². The molecule has 1 aromatic carbocycles. The van der Waals surface area contributed by atoms with E-state index in [0.717, 1.165) is 0 Å². The van der Waals surface area contributed by atoms with Gasteiger partial charge in [0.25, 0.3) is 0 Å². The fraction of sp³-hybridized carbons (Fsp3) is 0.417. The maximum Gasteiger partial charge on any atom is 0.242 e. The van der Waals surface area contributed by atoms with Gasteiger partial charge in [0.2, 0.25) is 5.91 Å². The van der Waals surface area contributed by atoms with Crippen molar-refractivity contribution in [1.29, 1.82) is 0 Å². The van der Waals surface area contributed by atoms with Crippen molar-refractivity contribution in [2.75, 3.05) is 22.3 Å². The molecule has 1 saturated heterocycles. The summed E-state index contributed by atoms with van der Waals surface area (Å²) in [5.74, 6) is -0.669. The van der Waals surface area contributed by atoms with Crippen molar-refractivity contribution in [3.8, 4) is 0 Å². The highest BCUT2D eigenvalue weighted by Crippen LogP contribution is 2.35. The molecule has 0 aliphatic carbocycles. The van der Waals surface area contributed by atoms with Gasteiger partial charge in [-0.2, -0.15) is 0 Å². The number of benzene rings is 1. The minimum atomic E-state index is -3.13. The summed E-state index contributed by atoms with van der Waals surface area (Å²) in [4.78, 5) is 13.4. The zero-order valence-electron chi connectivity index (χ0n) is 10.4. The number of hydrogen-bond acceptors (Lipinski definition) is 3. The van der Waals surface area contributed by atoms with Gasteiger partial charge in [0.1, 0.15) is 5.88 Å². The fourth-order valence-corrected chi connectivity index (χ4v) is 4.47. The minimum Gasteiger partial charge on any atom is -0.306 e. The van der Waals surface area contributed by atoms with Crippen LogP contribution >= 0.6 is 34.8 Å². The summed E-state index contributed by atoms with van der Waals surface area (Å²) in [6, 6.07) is 4.43. The molecule has 0 bridgehead atoms. The molecular formula is C12H12Cl3NO3S. The van der Waals surface area contributed by atoms with Gasteiger partial charge in [-0.3, -0.25) is 4.79 Å². The zero-order valence-corrected chi connectivity index (χ0v) is 13.4. The third kappa shape index (κ3) is 3.22. The van der Waals surface area contributed by atoms with Gasteiger partial charge in [-0.05, 0) is 18.6 Å². The van der Waals surface area contributed by atoms with Crippen molar-refractivity contribution in [2.45, 2.75) is 12.5 Å². The van der Waals surface area contributed by atoms with E-state index in [1.54, 1.807) is 18.2 Å². The number of carbonyl (C=O) groups is 1. The van der Waals surface area contributed by atoms with Crippen molar-refractivity contribution in [1.82, 2.24) is 0 Å². The maximum absolute atomic E-state index is 12.1. The van der Waals surface area contributed by atoms with Crippen LogP contribution in [0.5, 0.6) is 0 Å². The highest BCUT2D eigenvalue weighted by molar-refractivity contribution is 7.91. The summed E-state index contributed by atoms with van der Waals surface area (Å²) in [5.41, 5.74) is 0.395. The van der Waals surface area contributed by atoms with Gasteiger partial charge in [-0.25, -0.2) is 8.42 Å². The minimum absolute atomic E-state index is 0.0575. The van der Waals surface area contributed by atoms with Gasteiger partial charge in [0.05, 0.1) is 33.3 Å². The molecule has 0 spiro atoms. The molecule has 1 heterocycles. The molecular weight excluding hydrogens is 345 g/mol. The standard InChI is InChI=1S/C12H12Cl3NO3S/c13-6-11(17)16(8-4-5-20(18,19)7-8)10-3-1-2-9(14)12(10)15/h1-3,8H,4-7H2/t8-/m1/s1. The highest BCUT2D eigenvalue weighted by Gasteiger charge is 2.36. The maximum atomic E-state index is 12.1. The van der Waals surface area contributed by atoms with E-state index in [1.807, 2.05) is 0 Å². The number of halogens is 3. The second-order valence-electron chi connectivity index (χ2n) is 4.53. The van der Waals surface area contributed by atoms with Crippen LogP contribution < -0.4 is 4.90 Å². The average Bonchev–Trinajstić information content (AvgIpc) is 2.74. The quantitative estimate of drug-likeness (QED) is 0.783. The first-order valence-electron chi connectivity index (χ1n) is 5.88. The normalized spacial score (nSPS) is 20.9. The van der Waals surface area contributed by atoms with E-state index >= 15 is 0 Å². The van der Waals surface area contributed by atoms with Crippen LogP contribution in [-0.4, -0.2) is 37.8 Å².